The van der Waals surface area contributed by atoms with Crippen molar-refractivity contribution in [3.8, 4) is 0 Å². The number of nitrogens with two attached hydrogens (primary N) is 1. The van der Waals surface area contributed by atoms with E-state index >= 15 is 0 Å². The van der Waals surface area contributed by atoms with E-state index in [4.69, 9.17) is 5.73 Å². The summed E-state index contributed by atoms with van der Waals surface area (Å²) in [6.45, 7) is 1.77. The molecule has 0 heterocycles. The van der Waals surface area contributed by atoms with Gasteiger partial charge in [-0.15, -0.1) is 0 Å². The number of hydrogen-bond acceptors (Lipinski definition) is 2. The van der Waals surface area contributed by atoms with Crippen LogP contribution in [0.2, 0.25) is 0 Å². The zero-order valence-electron chi connectivity index (χ0n) is 9.75. The molecule has 1 aliphatic carbocycles. The number of anilines is 1. The fourth-order valence-corrected chi connectivity index (χ4v) is 2.64. The standard InChI is InChI=1S/C13H19BrN2/c1-16(9-10-3-2-4-10)12-6-5-11(8-15)13(14)7-12/h5-7,10H,2-4,8-9,15H2,1H3. The van der Waals surface area contributed by atoms with E-state index in [1.54, 1.807) is 0 Å². The van der Waals surface area contributed by atoms with Crippen molar-refractivity contribution in [1.29, 1.82) is 0 Å². The lowest BCUT2D eigenvalue weighted by Gasteiger charge is -2.31. The van der Waals surface area contributed by atoms with Gasteiger partial charge in [0.25, 0.3) is 0 Å². The van der Waals surface area contributed by atoms with Crippen LogP contribution in [0.25, 0.3) is 0 Å². The van der Waals surface area contributed by atoms with Crippen LogP contribution in [0.15, 0.2) is 22.7 Å². The third-order valence-corrected chi connectivity index (χ3v) is 4.19. The van der Waals surface area contributed by atoms with Gasteiger partial charge < -0.3 is 10.6 Å². The molecule has 0 amide bonds. The summed E-state index contributed by atoms with van der Waals surface area (Å²) in [5.74, 6) is 0.901. The van der Waals surface area contributed by atoms with Gasteiger partial charge in [0.05, 0.1) is 0 Å². The monoisotopic (exact) mass is 282 g/mol. The van der Waals surface area contributed by atoms with Crippen LogP contribution in [-0.2, 0) is 6.54 Å². The summed E-state index contributed by atoms with van der Waals surface area (Å²) in [6.07, 6.45) is 4.20. The Morgan fingerprint density at radius 2 is 2.19 bits per heavy atom. The molecule has 0 aromatic heterocycles. The quantitative estimate of drug-likeness (QED) is 0.919. The zero-order valence-corrected chi connectivity index (χ0v) is 11.3. The summed E-state index contributed by atoms with van der Waals surface area (Å²) >= 11 is 3.57. The van der Waals surface area contributed by atoms with Crippen LogP contribution >= 0.6 is 15.9 Å². The predicted molar refractivity (Wildman–Crippen MR) is 72.6 cm³/mol. The third kappa shape index (κ3) is 2.58. The molecule has 0 unspecified atom stereocenters. The van der Waals surface area contributed by atoms with Crippen molar-refractivity contribution in [3.63, 3.8) is 0 Å². The van der Waals surface area contributed by atoms with Crippen molar-refractivity contribution in [2.24, 2.45) is 11.7 Å². The highest BCUT2D eigenvalue weighted by atomic mass is 79.9. The fourth-order valence-electron chi connectivity index (χ4n) is 2.11. The minimum Gasteiger partial charge on any atom is -0.374 e. The van der Waals surface area contributed by atoms with Gasteiger partial charge >= 0.3 is 0 Å². The van der Waals surface area contributed by atoms with E-state index in [-0.39, 0.29) is 0 Å². The first-order valence-corrected chi connectivity index (χ1v) is 6.69. The molecule has 16 heavy (non-hydrogen) atoms. The summed E-state index contributed by atoms with van der Waals surface area (Å²) in [5.41, 5.74) is 8.09. The Balaban J connectivity index is 2.04. The van der Waals surface area contributed by atoms with E-state index in [2.05, 4.69) is 46.1 Å². The zero-order chi connectivity index (χ0) is 11.5. The first-order valence-electron chi connectivity index (χ1n) is 5.90. The molecule has 3 heteroatoms. The van der Waals surface area contributed by atoms with Crippen LogP contribution in [0, 0.1) is 5.92 Å². The lowest BCUT2D eigenvalue weighted by atomic mass is 9.85. The highest BCUT2D eigenvalue weighted by Gasteiger charge is 2.19. The Labute approximate surface area is 106 Å². The van der Waals surface area contributed by atoms with Crippen LogP contribution in [0.4, 0.5) is 5.69 Å². The first kappa shape index (κ1) is 11.9. The maximum absolute atomic E-state index is 5.64. The summed E-state index contributed by atoms with van der Waals surface area (Å²) in [5, 5.41) is 0. The first-order chi connectivity index (χ1) is 7.70. The Morgan fingerprint density at radius 1 is 1.44 bits per heavy atom. The lowest BCUT2D eigenvalue weighted by molar-refractivity contribution is 0.321. The van der Waals surface area contributed by atoms with E-state index in [1.807, 2.05) is 0 Å². The second-order valence-electron chi connectivity index (χ2n) is 4.66. The lowest BCUT2D eigenvalue weighted by Crippen LogP contribution is -2.29. The van der Waals surface area contributed by atoms with Gasteiger partial charge in [0, 0.05) is 30.3 Å². The molecular formula is C13H19BrN2. The molecule has 0 aliphatic heterocycles. The van der Waals surface area contributed by atoms with E-state index in [1.165, 1.54) is 37.1 Å². The normalized spacial score (nSPS) is 15.9. The van der Waals surface area contributed by atoms with Crippen molar-refractivity contribution >= 4 is 21.6 Å². The fraction of sp³-hybridized carbons (Fsp3) is 0.538. The average Bonchev–Trinajstić information content (AvgIpc) is 2.23. The molecule has 0 atom stereocenters. The Morgan fingerprint density at radius 3 is 2.69 bits per heavy atom. The molecule has 0 radical (unpaired) electrons. The van der Waals surface area contributed by atoms with Crippen molar-refractivity contribution in [1.82, 2.24) is 0 Å². The van der Waals surface area contributed by atoms with Gasteiger partial charge in [-0.25, -0.2) is 0 Å². The number of rotatable bonds is 4. The van der Waals surface area contributed by atoms with E-state index < -0.39 is 0 Å². The van der Waals surface area contributed by atoms with E-state index in [0.29, 0.717) is 6.54 Å². The van der Waals surface area contributed by atoms with Gasteiger partial charge in [-0.2, -0.15) is 0 Å². The number of hydrogen-bond donors (Lipinski definition) is 1. The van der Waals surface area contributed by atoms with Gasteiger partial charge in [-0.05, 0) is 36.5 Å². The van der Waals surface area contributed by atoms with Crippen molar-refractivity contribution in [2.75, 3.05) is 18.5 Å². The van der Waals surface area contributed by atoms with Gasteiger partial charge in [0.15, 0.2) is 0 Å². The second-order valence-corrected chi connectivity index (χ2v) is 5.51. The summed E-state index contributed by atoms with van der Waals surface area (Å²) in [4.78, 5) is 2.34. The van der Waals surface area contributed by atoms with Gasteiger partial charge in [-0.1, -0.05) is 28.4 Å². The minimum absolute atomic E-state index is 0.590. The number of nitrogens with zero attached hydrogens (tertiary/aromatic N) is 1. The molecule has 0 bridgehead atoms. The van der Waals surface area contributed by atoms with Gasteiger partial charge in [0.2, 0.25) is 0 Å². The van der Waals surface area contributed by atoms with Crippen LogP contribution in [0.1, 0.15) is 24.8 Å². The average molecular weight is 283 g/mol. The summed E-state index contributed by atoms with van der Waals surface area (Å²) < 4.78 is 1.12. The Bertz CT molecular complexity index is 361. The Kier molecular flexibility index (Phi) is 3.87. The number of benzene rings is 1. The van der Waals surface area contributed by atoms with Gasteiger partial charge in [-0.3, -0.25) is 0 Å². The molecule has 2 nitrogen and oxygen atoms in total. The molecule has 2 N–H and O–H groups in total. The molecule has 1 fully saturated rings. The largest absolute Gasteiger partial charge is 0.374 e. The molecule has 1 aromatic rings. The molecule has 1 aromatic carbocycles. The predicted octanol–water partition coefficient (Wildman–Crippen LogP) is 3.14. The van der Waals surface area contributed by atoms with Crippen molar-refractivity contribution in [3.05, 3.63) is 28.2 Å². The number of halogens is 1. The molecule has 2 rings (SSSR count). The smallest absolute Gasteiger partial charge is 0.0375 e. The van der Waals surface area contributed by atoms with Crippen molar-refractivity contribution in [2.45, 2.75) is 25.8 Å². The highest BCUT2D eigenvalue weighted by molar-refractivity contribution is 9.10. The van der Waals surface area contributed by atoms with E-state index in [0.717, 1.165) is 10.4 Å². The molecule has 1 aliphatic rings. The van der Waals surface area contributed by atoms with Gasteiger partial charge in [0.1, 0.15) is 0 Å². The maximum Gasteiger partial charge on any atom is 0.0375 e. The molecule has 0 spiro atoms. The molecule has 88 valence electrons. The summed E-state index contributed by atoms with van der Waals surface area (Å²) in [7, 11) is 2.17. The van der Waals surface area contributed by atoms with Crippen LogP contribution in [0.3, 0.4) is 0 Å². The highest BCUT2D eigenvalue weighted by Crippen LogP contribution is 2.29. The molecule has 1 saturated carbocycles. The van der Waals surface area contributed by atoms with Crippen LogP contribution in [-0.4, -0.2) is 13.6 Å². The SMILES string of the molecule is CN(CC1CCC1)c1ccc(CN)c(Br)c1. The second kappa shape index (κ2) is 5.19. The third-order valence-electron chi connectivity index (χ3n) is 3.45. The molecular weight excluding hydrogens is 264 g/mol. The van der Waals surface area contributed by atoms with Crippen LogP contribution in [0.5, 0.6) is 0 Å². The van der Waals surface area contributed by atoms with Crippen LogP contribution < -0.4 is 10.6 Å². The Hall–Kier alpha value is -0.540. The minimum atomic E-state index is 0.590. The molecule has 0 saturated heterocycles. The maximum atomic E-state index is 5.64. The van der Waals surface area contributed by atoms with Crippen molar-refractivity contribution < 1.29 is 0 Å². The topological polar surface area (TPSA) is 29.3 Å². The van der Waals surface area contributed by atoms with E-state index in [9.17, 15) is 0 Å². The summed E-state index contributed by atoms with van der Waals surface area (Å²) in [6, 6.07) is 6.43.